The van der Waals surface area contributed by atoms with E-state index in [0.29, 0.717) is 0 Å². The van der Waals surface area contributed by atoms with Gasteiger partial charge in [0.1, 0.15) is 0 Å². The Kier molecular flexibility index (Phi) is 17.1. The van der Waals surface area contributed by atoms with E-state index in [4.69, 9.17) is 40.7 Å². The van der Waals surface area contributed by atoms with E-state index in [1.54, 1.807) is 0 Å². The van der Waals surface area contributed by atoms with Gasteiger partial charge in [-0.15, -0.1) is 23.2 Å². The van der Waals surface area contributed by atoms with Gasteiger partial charge in [0, 0.05) is 0 Å². The smallest absolute Gasteiger partial charge is 0.264 e. The van der Waals surface area contributed by atoms with Crippen LogP contribution in [0.25, 0.3) is 0 Å². The van der Waals surface area contributed by atoms with Crippen molar-refractivity contribution in [1.82, 2.24) is 0 Å². The molecule has 8 heteroatoms. The van der Waals surface area contributed by atoms with Gasteiger partial charge in [-0.25, -0.2) is 0 Å². The largest absolute Gasteiger partial charge is 0.394 e. The van der Waals surface area contributed by atoms with Crippen molar-refractivity contribution in [2.75, 3.05) is 5.34 Å². The van der Waals surface area contributed by atoms with Crippen LogP contribution < -0.4 is 0 Å². The highest BCUT2D eigenvalue weighted by Gasteiger charge is 1.84. The molecule has 0 aliphatic rings. The first-order chi connectivity index (χ1) is 3.41. The summed E-state index contributed by atoms with van der Waals surface area (Å²) in [5.41, 5.74) is 0. The molecule has 0 aromatic heterocycles. The molecule has 0 unspecified atom stereocenters. The normalized spacial score (nSPS) is 8.44. The Morgan fingerprint density at radius 3 is 1.22 bits per heavy atom. The maximum absolute atomic E-state index is 8.74. The van der Waals surface area contributed by atoms with Gasteiger partial charge >= 0.3 is 33.5 Å². The van der Waals surface area contributed by atoms with E-state index in [9.17, 15) is 0 Å². The third kappa shape index (κ3) is 324. The van der Waals surface area contributed by atoms with E-state index in [2.05, 4.69) is 0 Å². The van der Waals surface area contributed by atoms with Crippen molar-refractivity contribution in [3.63, 3.8) is 0 Å². The molecule has 0 saturated carbocycles. The molecule has 0 rings (SSSR count). The first kappa shape index (κ1) is 16.7. The Labute approximate surface area is 79.3 Å². The van der Waals surface area contributed by atoms with E-state index in [0.717, 1.165) is 0 Å². The average molecular weight is 209 g/mol. The summed E-state index contributed by atoms with van der Waals surface area (Å²) in [6, 6.07) is 0. The Morgan fingerprint density at radius 2 is 1.22 bits per heavy atom. The van der Waals surface area contributed by atoms with Crippen LogP contribution in [0.1, 0.15) is 0 Å². The van der Waals surface area contributed by atoms with Crippen LogP contribution in [0.15, 0.2) is 0 Å². The number of rotatable bonds is 0. The fourth-order valence-electron chi connectivity index (χ4n) is 0. The highest BCUT2D eigenvalue weighted by atomic mass is 35.5. The van der Waals surface area contributed by atoms with Crippen LogP contribution in [0, 0.1) is 0 Å². The average Bonchev–Trinajstić information content (AvgIpc) is 1.27. The molecule has 0 spiro atoms. The monoisotopic (exact) mass is 208 g/mol. The lowest BCUT2D eigenvalue weighted by Gasteiger charge is -1.68. The maximum atomic E-state index is 8.74. The van der Waals surface area contributed by atoms with Crippen molar-refractivity contribution in [2.45, 2.75) is 0 Å². The predicted octanol–water partition coefficient (Wildman–Crippen LogP) is -0.147. The summed E-state index contributed by atoms with van der Waals surface area (Å²) < 4.78 is 31.6. The van der Waals surface area contributed by atoms with E-state index >= 15 is 0 Å². The van der Waals surface area contributed by atoms with Gasteiger partial charge in [0.05, 0.1) is 5.34 Å². The minimum Gasteiger partial charge on any atom is -0.264 e. The second-order valence-corrected chi connectivity index (χ2v) is 2.25. The van der Waals surface area contributed by atoms with Crippen LogP contribution in [0.5, 0.6) is 0 Å². The molecule has 0 radical (unpaired) electrons. The topological polar surface area (TPSA) is 74.6 Å². The van der Waals surface area contributed by atoms with Gasteiger partial charge in [-0.1, -0.05) is 0 Å². The fourth-order valence-corrected chi connectivity index (χ4v) is 0. The van der Waals surface area contributed by atoms with Crippen LogP contribution in [0.4, 0.5) is 0 Å². The lowest BCUT2D eigenvalue weighted by Crippen LogP contribution is -1.89. The summed E-state index contributed by atoms with van der Waals surface area (Å²) in [5.74, 6) is 0. The molecule has 0 bridgehead atoms. The minimum absolute atomic E-state index is 0. The van der Waals surface area contributed by atoms with Crippen LogP contribution >= 0.6 is 23.2 Å². The Morgan fingerprint density at radius 1 is 1.22 bits per heavy atom. The molecule has 4 nitrogen and oxygen atoms in total. The van der Waals surface area contributed by atoms with Crippen LogP contribution in [-0.2, 0) is 10.4 Å². The number of hydrogen-bond donors (Lipinski definition) is 2. The highest BCUT2D eigenvalue weighted by Crippen LogP contribution is 1.73. The van der Waals surface area contributed by atoms with Crippen molar-refractivity contribution in [1.29, 1.82) is 0 Å². The van der Waals surface area contributed by atoms with Crippen molar-refractivity contribution >= 4 is 56.7 Å². The van der Waals surface area contributed by atoms with Crippen molar-refractivity contribution in [3.05, 3.63) is 0 Å². The van der Waals surface area contributed by atoms with Gasteiger partial charge < -0.3 is 0 Å². The number of alkyl halides is 2. The van der Waals surface area contributed by atoms with Gasteiger partial charge in [0.25, 0.3) is 0 Å². The standard InChI is InChI=1S/CH2Cl2.Mg.H2O4S.2H/c2-1-3;;1-5(2,3)4;;/h1H2;;(H2,1,2,3,4);;. The molecule has 0 aliphatic carbocycles. The maximum Gasteiger partial charge on any atom is 0.394 e. The molecule has 0 heterocycles. The molecule has 0 saturated heterocycles. The minimum atomic E-state index is -4.67. The van der Waals surface area contributed by atoms with Gasteiger partial charge in [-0.3, -0.25) is 9.11 Å². The zero-order chi connectivity index (χ0) is 7.21. The lowest BCUT2D eigenvalue weighted by molar-refractivity contribution is 0.381. The lowest BCUT2D eigenvalue weighted by atomic mass is 11.9. The second kappa shape index (κ2) is 9.22. The van der Waals surface area contributed by atoms with Gasteiger partial charge in [0.2, 0.25) is 0 Å². The van der Waals surface area contributed by atoms with Crippen LogP contribution in [0.2, 0.25) is 0 Å². The molecular weight excluding hydrogens is 203 g/mol. The SMILES string of the molecule is ClCCl.O=S(=O)(O)O.[MgH2]. The molecule has 0 amide bonds. The molecule has 0 aromatic rings. The summed E-state index contributed by atoms with van der Waals surface area (Å²) >= 11 is 9.53. The van der Waals surface area contributed by atoms with Gasteiger partial charge in [-0.05, 0) is 0 Å². The second-order valence-electron chi connectivity index (χ2n) is 0.549. The summed E-state index contributed by atoms with van der Waals surface area (Å²) in [7, 11) is -4.67. The first-order valence-electron chi connectivity index (χ1n) is 1.23. The molecule has 9 heavy (non-hydrogen) atoms. The first-order valence-corrected chi connectivity index (χ1v) is 3.70. The summed E-state index contributed by atoms with van der Waals surface area (Å²) in [6.45, 7) is 0. The fraction of sp³-hybridized carbons (Fsp3) is 1.00. The van der Waals surface area contributed by atoms with Crippen LogP contribution in [0.3, 0.4) is 0 Å². The zero-order valence-electron chi connectivity index (χ0n) is 3.58. The van der Waals surface area contributed by atoms with E-state index in [1.807, 2.05) is 0 Å². The summed E-state index contributed by atoms with van der Waals surface area (Å²) in [5, 5.41) is 0.194. The Bertz CT molecular complexity index is 113. The van der Waals surface area contributed by atoms with Crippen molar-refractivity contribution in [2.24, 2.45) is 0 Å². The summed E-state index contributed by atoms with van der Waals surface area (Å²) in [4.78, 5) is 0. The highest BCUT2D eigenvalue weighted by molar-refractivity contribution is 7.79. The number of halogens is 2. The molecule has 0 aromatic carbocycles. The summed E-state index contributed by atoms with van der Waals surface area (Å²) in [6.07, 6.45) is 0. The quantitative estimate of drug-likeness (QED) is 0.331. The third-order valence-corrected chi connectivity index (χ3v) is 0. The molecule has 56 valence electrons. The zero-order valence-corrected chi connectivity index (χ0v) is 5.91. The van der Waals surface area contributed by atoms with E-state index in [1.165, 1.54) is 0 Å². The molecule has 0 fully saturated rings. The number of hydrogen-bond acceptors (Lipinski definition) is 2. The van der Waals surface area contributed by atoms with Gasteiger partial charge in [0.15, 0.2) is 0 Å². The third-order valence-electron chi connectivity index (χ3n) is 0. The molecular formula is CH6Cl2MgO4S. The Hall–Kier alpha value is 1.22. The van der Waals surface area contributed by atoms with Gasteiger partial charge in [-0.2, -0.15) is 8.42 Å². The predicted molar refractivity (Wildman–Crippen MR) is 39.3 cm³/mol. The van der Waals surface area contributed by atoms with Crippen molar-refractivity contribution in [3.8, 4) is 0 Å². The molecule has 2 N–H and O–H groups in total. The van der Waals surface area contributed by atoms with Crippen molar-refractivity contribution < 1.29 is 17.5 Å². The van der Waals surface area contributed by atoms with E-state index in [-0.39, 0.29) is 28.4 Å². The Balaban J connectivity index is -0.0000000800. The molecule has 0 atom stereocenters. The van der Waals surface area contributed by atoms with E-state index < -0.39 is 10.4 Å². The molecule has 0 aliphatic heterocycles. The van der Waals surface area contributed by atoms with Crippen LogP contribution in [-0.4, -0.2) is 45.9 Å².